The van der Waals surface area contributed by atoms with E-state index in [1.54, 1.807) is 0 Å². The molecule has 3 rings (SSSR count). The van der Waals surface area contributed by atoms with E-state index < -0.39 is 10.8 Å². The van der Waals surface area contributed by atoms with Gasteiger partial charge in [-0.3, -0.25) is 14.9 Å². The summed E-state index contributed by atoms with van der Waals surface area (Å²) in [5, 5.41) is 14.8. The number of nitro benzene ring substituents is 1. The Kier molecular flexibility index (Phi) is 5.96. The van der Waals surface area contributed by atoms with Gasteiger partial charge in [0.2, 0.25) is 0 Å². The van der Waals surface area contributed by atoms with E-state index in [0.29, 0.717) is 17.2 Å². The van der Waals surface area contributed by atoms with Crippen LogP contribution in [0.4, 0.5) is 5.69 Å². The monoisotopic (exact) mass is 365 g/mol. The van der Waals surface area contributed by atoms with Gasteiger partial charge in [-0.05, 0) is 48.9 Å². The maximum atomic E-state index is 12.1. The Morgan fingerprint density at radius 3 is 2.19 bits per heavy atom. The molecule has 27 heavy (non-hydrogen) atoms. The van der Waals surface area contributed by atoms with Crippen molar-refractivity contribution >= 4 is 17.3 Å². The van der Waals surface area contributed by atoms with Crippen LogP contribution in [0.25, 0.3) is 0 Å². The molecule has 0 unspecified atom stereocenters. The van der Waals surface area contributed by atoms with E-state index in [1.165, 1.54) is 61.9 Å². The van der Waals surface area contributed by atoms with Gasteiger partial charge in [0, 0.05) is 17.7 Å². The highest BCUT2D eigenvalue weighted by Crippen LogP contribution is 2.32. The second-order valence-electron chi connectivity index (χ2n) is 6.90. The number of non-ortho nitro benzene ring substituents is 1. The van der Waals surface area contributed by atoms with Crippen molar-refractivity contribution in [1.29, 1.82) is 0 Å². The summed E-state index contributed by atoms with van der Waals surface area (Å²) in [6.45, 7) is 1.84. The Labute approximate surface area is 158 Å². The van der Waals surface area contributed by atoms with Gasteiger partial charge in [0.15, 0.2) is 0 Å². The lowest BCUT2D eigenvalue weighted by atomic mass is 9.84. The molecule has 0 spiro atoms. The smallest absolute Gasteiger partial charge is 0.267 e. The van der Waals surface area contributed by atoms with E-state index in [1.807, 2.05) is 19.1 Å². The largest absolute Gasteiger partial charge is 0.271 e. The normalized spacial score (nSPS) is 15.4. The fourth-order valence-corrected chi connectivity index (χ4v) is 3.43. The van der Waals surface area contributed by atoms with E-state index in [2.05, 4.69) is 22.7 Å². The molecule has 0 aromatic heterocycles. The topological polar surface area (TPSA) is 84.6 Å². The number of rotatable bonds is 5. The predicted molar refractivity (Wildman–Crippen MR) is 105 cm³/mol. The first kappa shape index (κ1) is 18.8. The van der Waals surface area contributed by atoms with E-state index in [9.17, 15) is 14.9 Å². The second-order valence-corrected chi connectivity index (χ2v) is 6.90. The third-order valence-corrected chi connectivity index (χ3v) is 5.07. The molecule has 2 aromatic rings. The average molecular weight is 365 g/mol. The number of hydrogen-bond acceptors (Lipinski definition) is 4. The van der Waals surface area contributed by atoms with Gasteiger partial charge in [0.1, 0.15) is 0 Å². The lowest BCUT2D eigenvalue weighted by Crippen LogP contribution is -2.19. The van der Waals surface area contributed by atoms with Gasteiger partial charge in [0.25, 0.3) is 11.6 Å². The van der Waals surface area contributed by atoms with Crippen molar-refractivity contribution < 1.29 is 9.72 Å². The molecule has 0 saturated heterocycles. The fraction of sp³-hybridized carbons (Fsp3) is 0.333. The van der Waals surface area contributed by atoms with Crippen LogP contribution < -0.4 is 5.43 Å². The molecule has 2 aromatic carbocycles. The zero-order valence-electron chi connectivity index (χ0n) is 15.4. The van der Waals surface area contributed by atoms with Gasteiger partial charge in [-0.2, -0.15) is 5.10 Å². The van der Waals surface area contributed by atoms with Crippen LogP contribution in [0, 0.1) is 10.1 Å². The first-order valence-corrected chi connectivity index (χ1v) is 9.24. The fourth-order valence-electron chi connectivity index (χ4n) is 3.43. The Morgan fingerprint density at radius 2 is 1.59 bits per heavy atom. The van der Waals surface area contributed by atoms with Gasteiger partial charge in [-0.25, -0.2) is 5.43 Å². The Balaban J connectivity index is 1.62. The van der Waals surface area contributed by atoms with Crippen LogP contribution in [0.1, 0.15) is 66.4 Å². The number of nitro groups is 1. The summed E-state index contributed by atoms with van der Waals surface area (Å²) in [7, 11) is 0. The van der Waals surface area contributed by atoms with Crippen molar-refractivity contribution in [2.75, 3.05) is 0 Å². The molecule has 6 nitrogen and oxygen atoms in total. The molecule has 1 amide bonds. The van der Waals surface area contributed by atoms with Gasteiger partial charge in [-0.15, -0.1) is 0 Å². The number of amides is 1. The summed E-state index contributed by atoms with van der Waals surface area (Å²) in [4.78, 5) is 22.3. The molecule has 1 fully saturated rings. The van der Waals surface area contributed by atoms with Gasteiger partial charge >= 0.3 is 0 Å². The summed E-state index contributed by atoms with van der Waals surface area (Å²) < 4.78 is 0. The minimum Gasteiger partial charge on any atom is -0.267 e. The van der Waals surface area contributed by atoms with Crippen molar-refractivity contribution in [2.45, 2.75) is 44.9 Å². The van der Waals surface area contributed by atoms with Gasteiger partial charge in [-0.1, -0.05) is 43.5 Å². The van der Waals surface area contributed by atoms with Crippen molar-refractivity contribution in [2.24, 2.45) is 5.10 Å². The number of hydrazone groups is 1. The first-order valence-electron chi connectivity index (χ1n) is 9.24. The minimum absolute atomic E-state index is 0.0516. The molecule has 1 saturated carbocycles. The van der Waals surface area contributed by atoms with Crippen LogP contribution >= 0.6 is 0 Å². The first-order chi connectivity index (χ1) is 13.0. The zero-order chi connectivity index (χ0) is 19.2. The molecule has 1 aliphatic rings. The van der Waals surface area contributed by atoms with E-state index in [4.69, 9.17) is 0 Å². The van der Waals surface area contributed by atoms with Crippen LogP contribution in [-0.2, 0) is 0 Å². The van der Waals surface area contributed by atoms with Crippen molar-refractivity contribution in [3.8, 4) is 0 Å². The van der Waals surface area contributed by atoms with Crippen molar-refractivity contribution in [3.63, 3.8) is 0 Å². The Morgan fingerprint density at radius 1 is 1.00 bits per heavy atom. The summed E-state index contributed by atoms with van der Waals surface area (Å²) in [6, 6.07) is 13.8. The van der Waals surface area contributed by atoms with E-state index in [-0.39, 0.29) is 5.69 Å². The lowest BCUT2D eigenvalue weighted by Gasteiger charge is -2.22. The molecular weight excluding hydrogens is 342 g/mol. The van der Waals surface area contributed by atoms with Gasteiger partial charge in [0.05, 0.1) is 10.6 Å². The summed E-state index contributed by atoms with van der Waals surface area (Å²) in [5.74, 6) is 0.259. The van der Waals surface area contributed by atoms with E-state index in [0.717, 1.165) is 5.56 Å². The van der Waals surface area contributed by atoms with E-state index >= 15 is 0 Å². The van der Waals surface area contributed by atoms with Crippen molar-refractivity contribution in [3.05, 3.63) is 75.3 Å². The number of nitrogens with zero attached hydrogens (tertiary/aromatic N) is 2. The van der Waals surface area contributed by atoms with Crippen LogP contribution in [0.2, 0.25) is 0 Å². The number of hydrogen-bond donors (Lipinski definition) is 1. The number of nitrogens with one attached hydrogen (secondary N) is 1. The third kappa shape index (κ3) is 4.78. The van der Waals surface area contributed by atoms with Gasteiger partial charge < -0.3 is 0 Å². The Hall–Kier alpha value is -3.02. The standard InChI is InChI=1S/C21H23N3O3/c1-15(16-7-9-18(10-8-16)17-5-3-2-4-6-17)22-23-21(25)19-11-13-20(14-12-19)24(26)27/h7-14,17H,2-6H2,1H3,(H,23,25)/b22-15+. The van der Waals surface area contributed by atoms with Crippen LogP contribution in [0.5, 0.6) is 0 Å². The highest BCUT2D eigenvalue weighted by molar-refractivity contribution is 6.00. The highest BCUT2D eigenvalue weighted by Gasteiger charge is 2.15. The molecule has 0 atom stereocenters. The Bertz CT molecular complexity index is 836. The summed E-state index contributed by atoms with van der Waals surface area (Å²) in [6.07, 6.45) is 6.48. The van der Waals surface area contributed by atoms with Crippen LogP contribution in [-0.4, -0.2) is 16.5 Å². The molecule has 0 aliphatic heterocycles. The molecule has 0 heterocycles. The quantitative estimate of drug-likeness (QED) is 0.469. The predicted octanol–water partition coefficient (Wildman–Crippen LogP) is 4.80. The van der Waals surface area contributed by atoms with Crippen LogP contribution in [0.3, 0.4) is 0 Å². The molecule has 6 heteroatoms. The number of benzene rings is 2. The molecule has 1 N–H and O–H groups in total. The zero-order valence-corrected chi connectivity index (χ0v) is 15.4. The third-order valence-electron chi connectivity index (χ3n) is 5.07. The summed E-state index contributed by atoms with van der Waals surface area (Å²) >= 11 is 0. The second kappa shape index (κ2) is 8.58. The molecule has 140 valence electrons. The SMILES string of the molecule is C/C(=N\NC(=O)c1ccc([N+](=O)[O-])cc1)c1ccc(C2CCCCC2)cc1. The van der Waals surface area contributed by atoms with Crippen molar-refractivity contribution in [1.82, 2.24) is 5.43 Å². The van der Waals surface area contributed by atoms with Crippen LogP contribution in [0.15, 0.2) is 53.6 Å². The molecular formula is C21H23N3O3. The molecule has 0 bridgehead atoms. The molecule has 0 radical (unpaired) electrons. The minimum atomic E-state index is -0.499. The maximum Gasteiger partial charge on any atom is 0.271 e. The highest BCUT2D eigenvalue weighted by atomic mass is 16.6. The molecule has 1 aliphatic carbocycles. The average Bonchev–Trinajstić information content (AvgIpc) is 2.72. The summed E-state index contributed by atoms with van der Waals surface area (Å²) in [5.41, 5.74) is 5.82. The maximum absolute atomic E-state index is 12.1. The lowest BCUT2D eigenvalue weighted by molar-refractivity contribution is -0.384. The number of carbonyl (C=O) groups excluding carboxylic acids is 1. The number of carbonyl (C=O) groups is 1.